The Bertz CT molecular complexity index is 877. The number of aliphatic imine (C=N–C) groups is 1. The van der Waals surface area contributed by atoms with Gasteiger partial charge in [0, 0.05) is 33.2 Å². The Morgan fingerprint density at radius 1 is 1.25 bits per heavy atom. The fourth-order valence-electron chi connectivity index (χ4n) is 4.55. The summed E-state index contributed by atoms with van der Waals surface area (Å²) in [7, 11) is 3.51. The molecule has 0 radical (unpaired) electrons. The van der Waals surface area contributed by atoms with Gasteiger partial charge >= 0.3 is 0 Å². The maximum Gasteiger partial charge on any atom is 0.191 e. The van der Waals surface area contributed by atoms with Crippen molar-refractivity contribution in [1.29, 1.82) is 0 Å². The Morgan fingerprint density at radius 3 is 2.69 bits per heavy atom. The highest BCUT2D eigenvalue weighted by Gasteiger charge is 2.25. The third kappa shape index (κ3) is 6.20. The Morgan fingerprint density at radius 2 is 2.00 bits per heavy atom. The van der Waals surface area contributed by atoms with Crippen LogP contribution in [0.1, 0.15) is 48.1 Å². The maximum absolute atomic E-state index is 5.17. The summed E-state index contributed by atoms with van der Waals surface area (Å²) in [5.41, 5.74) is 2.67. The molecule has 0 saturated carbocycles. The van der Waals surface area contributed by atoms with E-state index in [1.54, 1.807) is 7.11 Å². The van der Waals surface area contributed by atoms with Crippen molar-refractivity contribution in [3.05, 3.63) is 47.0 Å². The first-order chi connectivity index (χ1) is 15.2. The molecule has 2 atom stereocenters. The first-order valence-electron chi connectivity index (χ1n) is 11.4. The van der Waals surface area contributed by atoms with Crippen LogP contribution in [0.2, 0.25) is 0 Å². The van der Waals surface area contributed by atoms with Gasteiger partial charge in [-0.3, -0.25) is 9.89 Å². The number of nitrogens with one attached hydrogen (secondary N) is 2. The predicted octanol–water partition coefficient (Wildman–Crippen LogP) is 2.67. The van der Waals surface area contributed by atoms with Crippen molar-refractivity contribution >= 4 is 29.9 Å². The Balaban J connectivity index is 0.00000289. The second kappa shape index (κ2) is 11.9. The zero-order valence-corrected chi connectivity index (χ0v) is 21.7. The van der Waals surface area contributed by atoms with E-state index in [1.807, 2.05) is 11.7 Å². The molecule has 0 aliphatic carbocycles. The summed E-state index contributed by atoms with van der Waals surface area (Å²) in [5, 5.41) is 11.8. The van der Waals surface area contributed by atoms with Gasteiger partial charge in [0.05, 0.1) is 12.6 Å². The monoisotopic (exact) mass is 553 g/mol. The molecule has 3 heterocycles. The number of benzene rings is 1. The lowest BCUT2D eigenvalue weighted by atomic mass is 10.0. The smallest absolute Gasteiger partial charge is 0.191 e. The minimum atomic E-state index is 0. The number of aromatic nitrogens is 3. The highest BCUT2D eigenvalue weighted by Crippen LogP contribution is 2.25. The normalized spacial score (nSPS) is 19.8. The van der Waals surface area contributed by atoms with E-state index in [2.05, 4.69) is 61.8 Å². The second-order valence-corrected chi connectivity index (χ2v) is 8.56. The van der Waals surface area contributed by atoms with E-state index in [1.165, 1.54) is 24.0 Å². The fraction of sp³-hybridized carbons (Fsp3) is 0.609. The van der Waals surface area contributed by atoms with E-state index < -0.39 is 0 Å². The van der Waals surface area contributed by atoms with E-state index in [0.29, 0.717) is 12.6 Å². The van der Waals surface area contributed by atoms with Crippen molar-refractivity contribution < 1.29 is 4.74 Å². The number of hydrogen-bond acceptors (Lipinski definition) is 5. The summed E-state index contributed by atoms with van der Waals surface area (Å²) in [5.74, 6) is 2.65. The third-order valence-electron chi connectivity index (χ3n) is 6.25. The van der Waals surface area contributed by atoms with E-state index in [0.717, 1.165) is 56.6 Å². The molecule has 1 saturated heterocycles. The largest absolute Gasteiger partial charge is 0.377 e. The summed E-state index contributed by atoms with van der Waals surface area (Å²) in [6.45, 7) is 6.55. The highest BCUT2D eigenvalue weighted by molar-refractivity contribution is 14.0. The van der Waals surface area contributed by atoms with Gasteiger partial charge in [0.1, 0.15) is 12.4 Å². The number of hydrogen-bond donors (Lipinski definition) is 2. The molecule has 0 bridgehead atoms. The number of guanidine groups is 1. The van der Waals surface area contributed by atoms with E-state index >= 15 is 0 Å². The van der Waals surface area contributed by atoms with Crippen molar-refractivity contribution in [3.63, 3.8) is 0 Å². The van der Waals surface area contributed by atoms with Crippen molar-refractivity contribution in [2.45, 2.75) is 57.8 Å². The topological polar surface area (TPSA) is 79.6 Å². The van der Waals surface area contributed by atoms with Crippen LogP contribution in [-0.4, -0.2) is 65.5 Å². The molecule has 1 fully saturated rings. The number of halogens is 1. The molecule has 4 rings (SSSR count). The van der Waals surface area contributed by atoms with Gasteiger partial charge in [0.15, 0.2) is 11.8 Å². The summed E-state index contributed by atoms with van der Waals surface area (Å²) < 4.78 is 7.17. The summed E-state index contributed by atoms with van der Waals surface area (Å²) >= 11 is 0. The standard InChI is InChI=1S/C23H35N7O.HI/c1-17-6-8-18(9-7-17)20(29-12-4-5-13-29)14-25-23(24-2)26-19-10-11-22-27-21(16-31-3)28-30(22)15-19;/h6-9,19-20H,4-5,10-16H2,1-3H3,(H2,24,25,26);1H. The van der Waals surface area contributed by atoms with E-state index in [-0.39, 0.29) is 30.0 Å². The van der Waals surface area contributed by atoms with Crippen LogP contribution in [0.25, 0.3) is 0 Å². The number of ether oxygens (including phenoxy) is 1. The minimum Gasteiger partial charge on any atom is -0.377 e. The molecular weight excluding hydrogens is 517 g/mol. The van der Waals surface area contributed by atoms with Crippen LogP contribution in [0.3, 0.4) is 0 Å². The lowest BCUT2D eigenvalue weighted by Gasteiger charge is -2.30. The molecule has 176 valence electrons. The lowest BCUT2D eigenvalue weighted by molar-refractivity contribution is 0.177. The van der Waals surface area contributed by atoms with Gasteiger partial charge < -0.3 is 15.4 Å². The van der Waals surface area contributed by atoms with Gasteiger partial charge in [-0.25, -0.2) is 9.67 Å². The second-order valence-electron chi connectivity index (χ2n) is 8.56. The molecule has 8 nitrogen and oxygen atoms in total. The Hall–Kier alpha value is -1.72. The molecule has 2 aliphatic rings. The summed E-state index contributed by atoms with van der Waals surface area (Å²) in [6.07, 6.45) is 4.48. The van der Waals surface area contributed by atoms with E-state index in [4.69, 9.17) is 4.74 Å². The Kier molecular flexibility index (Phi) is 9.30. The van der Waals surface area contributed by atoms with Crippen LogP contribution >= 0.6 is 24.0 Å². The van der Waals surface area contributed by atoms with Gasteiger partial charge in [-0.1, -0.05) is 29.8 Å². The first-order valence-corrected chi connectivity index (χ1v) is 11.4. The average molecular weight is 553 g/mol. The number of aryl methyl sites for hydroxylation is 2. The van der Waals surface area contributed by atoms with Crippen LogP contribution in [0, 0.1) is 6.92 Å². The van der Waals surface area contributed by atoms with Gasteiger partial charge in [-0.2, -0.15) is 5.10 Å². The van der Waals surface area contributed by atoms with Crippen molar-refractivity contribution in [3.8, 4) is 0 Å². The average Bonchev–Trinajstić information content (AvgIpc) is 3.44. The van der Waals surface area contributed by atoms with Crippen LogP contribution in [-0.2, 0) is 24.3 Å². The van der Waals surface area contributed by atoms with Gasteiger partial charge in [0.2, 0.25) is 0 Å². The number of nitrogens with zero attached hydrogens (tertiary/aromatic N) is 5. The lowest BCUT2D eigenvalue weighted by Crippen LogP contribution is -2.49. The van der Waals surface area contributed by atoms with Gasteiger partial charge in [-0.15, -0.1) is 24.0 Å². The molecule has 1 aromatic carbocycles. The molecule has 2 aromatic rings. The molecule has 1 aromatic heterocycles. The zero-order chi connectivity index (χ0) is 21.6. The van der Waals surface area contributed by atoms with Crippen LogP contribution in [0.5, 0.6) is 0 Å². The number of fused-ring (bicyclic) bond motifs is 1. The molecule has 2 N–H and O–H groups in total. The summed E-state index contributed by atoms with van der Waals surface area (Å²) in [4.78, 5) is 11.6. The molecule has 2 aliphatic heterocycles. The molecule has 32 heavy (non-hydrogen) atoms. The van der Waals surface area contributed by atoms with Crippen molar-refractivity contribution in [1.82, 2.24) is 30.3 Å². The van der Waals surface area contributed by atoms with Crippen LogP contribution in [0.15, 0.2) is 29.3 Å². The number of rotatable bonds is 7. The van der Waals surface area contributed by atoms with Crippen molar-refractivity contribution in [2.75, 3.05) is 33.8 Å². The molecule has 9 heteroatoms. The number of likely N-dealkylation sites (tertiary alicyclic amines) is 1. The SMILES string of the molecule is CN=C(NCC(c1ccc(C)cc1)N1CCCC1)NC1CCc2nc(COC)nn2C1.I. The zero-order valence-electron chi connectivity index (χ0n) is 19.4. The van der Waals surface area contributed by atoms with Crippen molar-refractivity contribution in [2.24, 2.45) is 4.99 Å². The third-order valence-corrected chi connectivity index (χ3v) is 6.25. The highest BCUT2D eigenvalue weighted by atomic mass is 127. The van der Waals surface area contributed by atoms with Gasteiger partial charge in [-0.05, 0) is 44.8 Å². The van der Waals surface area contributed by atoms with Gasteiger partial charge in [0.25, 0.3) is 0 Å². The Labute approximate surface area is 208 Å². The number of methoxy groups -OCH3 is 1. The van der Waals surface area contributed by atoms with E-state index in [9.17, 15) is 0 Å². The molecule has 2 unspecified atom stereocenters. The molecule has 0 amide bonds. The first kappa shape index (κ1) is 24.9. The molecule has 0 spiro atoms. The fourth-order valence-corrected chi connectivity index (χ4v) is 4.55. The molecular formula is C23H36IN7O. The maximum atomic E-state index is 5.17. The van der Waals surface area contributed by atoms with Crippen LogP contribution < -0.4 is 10.6 Å². The summed E-state index contributed by atoms with van der Waals surface area (Å²) in [6, 6.07) is 9.58. The minimum absolute atomic E-state index is 0. The predicted molar refractivity (Wildman–Crippen MR) is 137 cm³/mol. The quantitative estimate of drug-likeness (QED) is 0.312. The van der Waals surface area contributed by atoms with Crippen LogP contribution in [0.4, 0.5) is 0 Å².